The third kappa shape index (κ3) is 2.27. The minimum atomic E-state index is -0.302. The Morgan fingerprint density at radius 3 is 2.57 bits per heavy atom. The Labute approximate surface area is 85.8 Å². The molecule has 0 radical (unpaired) electrons. The summed E-state index contributed by atoms with van der Waals surface area (Å²) in [5.74, 6) is 0.747. The van der Waals surface area contributed by atoms with E-state index in [0.29, 0.717) is 19.3 Å². The Hall–Kier alpha value is -0.120. The van der Waals surface area contributed by atoms with E-state index in [1.165, 1.54) is 25.7 Å². The molecule has 0 spiro atoms. The molecule has 3 nitrogen and oxygen atoms in total. The first-order valence-corrected chi connectivity index (χ1v) is 5.79. The number of nitrogens with one attached hydrogen (secondary N) is 1. The van der Waals surface area contributed by atoms with Crippen LogP contribution in [-0.2, 0) is 4.74 Å². The Bertz CT molecular complexity index is 186. The summed E-state index contributed by atoms with van der Waals surface area (Å²) in [6.07, 6.45) is 4.96. The van der Waals surface area contributed by atoms with Crippen LogP contribution < -0.4 is 5.32 Å². The molecule has 2 aliphatic rings. The van der Waals surface area contributed by atoms with Gasteiger partial charge in [-0.1, -0.05) is 19.8 Å². The molecule has 1 saturated heterocycles. The van der Waals surface area contributed by atoms with Crippen LogP contribution in [0, 0.1) is 5.92 Å². The molecule has 0 aromatic carbocycles. The normalized spacial score (nSPS) is 44.1. The highest BCUT2D eigenvalue weighted by Gasteiger charge is 2.30. The predicted molar refractivity (Wildman–Crippen MR) is 55.2 cm³/mol. The Morgan fingerprint density at radius 1 is 1.14 bits per heavy atom. The molecule has 14 heavy (non-hydrogen) atoms. The van der Waals surface area contributed by atoms with E-state index in [1.807, 2.05) is 0 Å². The molecule has 0 bridgehead atoms. The minimum absolute atomic E-state index is 0.167. The molecule has 3 heteroatoms. The summed E-state index contributed by atoms with van der Waals surface area (Å²) in [7, 11) is 0. The lowest BCUT2D eigenvalue weighted by atomic mass is 9.85. The van der Waals surface area contributed by atoms with Gasteiger partial charge in [-0.05, 0) is 18.8 Å². The van der Waals surface area contributed by atoms with Gasteiger partial charge in [0.05, 0.1) is 25.4 Å². The van der Waals surface area contributed by atoms with Gasteiger partial charge in [0.25, 0.3) is 0 Å². The Kier molecular flexibility index (Phi) is 3.42. The van der Waals surface area contributed by atoms with E-state index in [2.05, 4.69) is 12.2 Å². The van der Waals surface area contributed by atoms with Gasteiger partial charge >= 0.3 is 0 Å². The Morgan fingerprint density at radius 2 is 1.93 bits per heavy atom. The van der Waals surface area contributed by atoms with Gasteiger partial charge in [-0.3, -0.25) is 0 Å². The maximum Gasteiger partial charge on any atom is 0.0948 e. The molecule has 1 aliphatic carbocycles. The zero-order chi connectivity index (χ0) is 9.97. The summed E-state index contributed by atoms with van der Waals surface area (Å²) in [4.78, 5) is 0. The van der Waals surface area contributed by atoms with E-state index in [0.717, 1.165) is 5.92 Å². The van der Waals surface area contributed by atoms with Crippen molar-refractivity contribution in [2.45, 2.75) is 50.8 Å². The van der Waals surface area contributed by atoms with Crippen LogP contribution in [0.1, 0.15) is 32.6 Å². The molecular weight excluding hydrogens is 178 g/mol. The summed E-state index contributed by atoms with van der Waals surface area (Å²) in [6, 6.07) is 0.755. The standard InChI is InChI=1S/C11H21NO2/c1-8-4-2-3-5-9(8)12-10-6-14-7-11(10)13/h8-13H,2-7H2,1H3/t8?,9?,10?,11-/m1/s1. The molecule has 4 atom stereocenters. The minimum Gasteiger partial charge on any atom is -0.389 e. The highest BCUT2D eigenvalue weighted by Crippen LogP contribution is 2.24. The zero-order valence-electron chi connectivity index (χ0n) is 8.91. The molecular formula is C11H21NO2. The fourth-order valence-electron chi connectivity index (χ4n) is 2.54. The summed E-state index contributed by atoms with van der Waals surface area (Å²) in [5, 5.41) is 13.2. The quantitative estimate of drug-likeness (QED) is 0.694. The third-order valence-corrected chi connectivity index (χ3v) is 3.59. The van der Waals surface area contributed by atoms with Crippen molar-refractivity contribution < 1.29 is 9.84 Å². The maximum atomic E-state index is 9.62. The third-order valence-electron chi connectivity index (χ3n) is 3.59. The van der Waals surface area contributed by atoms with Crippen LogP contribution in [0.3, 0.4) is 0 Å². The van der Waals surface area contributed by atoms with E-state index in [9.17, 15) is 5.11 Å². The van der Waals surface area contributed by atoms with E-state index in [4.69, 9.17) is 4.74 Å². The molecule has 1 saturated carbocycles. The van der Waals surface area contributed by atoms with E-state index >= 15 is 0 Å². The fourth-order valence-corrected chi connectivity index (χ4v) is 2.54. The first-order chi connectivity index (χ1) is 6.77. The first kappa shape index (κ1) is 10.4. The van der Waals surface area contributed by atoms with Crippen LogP contribution in [0.15, 0.2) is 0 Å². The van der Waals surface area contributed by atoms with Crippen molar-refractivity contribution in [2.24, 2.45) is 5.92 Å². The highest BCUT2D eigenvalue weighted by atomic mass is 16.5. The van der Waals surface area contributed by atoms with Crippen LogP contribution in [0.25, 0.3) is 0 Å². The van der Waals surface area contributed by atoms with Crippen molar-refractivity contribution >= 4 is 0 Å². The fraction of sp³-hybridized carbons (Fsp3) is 1.00. The molecule has 2 N–H and O–H groups in total. The molecule has 82 valence electrons. The molecule has 0 aromatic heterocycles. The topological polar surface area (TPSA) is 41.5 Å². The average molecular weight is 199 g/mol. The smallest absolute Gasteiger partial charge is 0.0948 e. The molecule has 0 amide bonds. The van der Waals surface area contributed by atoms with Gasteiger partial charge in [0.1, 0.15) is 0 Å². The molecule has 2 rings (SSSR count). The number of hydrogen-bond donors (Lipinski definition) is 2. The summed E-state index contributed by atoms with van der Waals surface area (Å²) in [5.41, 5.74) is 0. The van der Waals surface area contributed by atoms with Crippen molar-refractivity contribution in [1.82, 2.24) is 5.32 Å². The number of rotatable bonds is 2. The molecule has 3 unspecified atom stereocenters. The van der Waals surface area contributed by atoms with Gasteiger partial charge in [-0.2, -0.15) is 0 Å². The first-order valence-electron chi connectivity index (χ1n) is 5.79. The van der Waals surface area contributed by atoms with Crippen molar-refractivity contribution in [1.29, 1.82) is 0 Å². The van der Waals surface area contributed by atoms with Gasteiger partial charge in [0.15, 0.2) is 0 Å². The van der Waals surface area contributed by atoms with Crippen molar-refractivity contribution in [3.63, 3.8) is 0 Å². The second-order valence-corrected chi connectivity index (χ2v) is 4.75. The van der Waals surface area contributed by atoms with Crippen molar-refractivity contribution in [3.8, 4) is 0 Å². The van der Waals surface area contributed by atoms with Crippen LogP contribution in [0.2, 0.25) is 0 Å². The van der Waals surface area contributed by atoms with E-state index in [-0.39, 0.29) is 12.1 Å². The van der Waals surface area contributed by atoms with E-state index < -0.39 is 0 Å². The lowest BCUT2D eigenvalue weighted by molar-refractivity contribution is 0.118. The highest BCUT2D eigenvalue weighted by molar-refractivity contribution is 4.87. The van der Waals surface area contributed by atoms with E-state index in [1.54, 1.807) is 0 Å². The van der Waals surface area contributed by atoms with Crippen LogP contribution in [0.5, 0.6) is 0 Å². The van der Waals surface area contributed by atoms with Crippen LogP contribution in [-0.4, -0.2) is 36.5 Å². The number of aliphatic hydroxyl groups excluding tert-OH is 1. The summed E-state index contributed by atoms with van der Waals surface area (Å²) < 4.78 is 5.23. The van der Waals surface area contributed by atoms with Gasteiger partial charge in [0.2, 0.25) is 0 Å². The van der Waals surface area contributed by atoms with Gasteiger partial charge in [-0.15, -0.1) is 0 Å². The largest absolute Gasteiger partial charge is 0.389 e. The van der Waals surface area contributed by atoms with Crippen LogP contribution in [0.4, 0.5) is 0 Å². The monoisotopic (exact) mass is 199 g/mol. The predicted octanol–water partition coefficient (Wildman–Crippen LogP) is 0.914. The summed E-state index contributed by atoms with van der Waals surface area (Å²) in [6.45, 7) is 3.47. The van der Waals surface area contributed by atoms with Gasteiger partial charge < -0.3 is 15.2 Å². The van der Waals surface area contributed by atoms with Gasteiger partial charge in [-0.25, -0.2) is 0 Å². The van der Waals surface area contributed by atoms with Crippen LogP contribution >= 0.6 is 0 Å². The average Bonchev–Trinajstić information content (AvgIpc) is 2.56. The number of hydrogen-bond acceptors (Lipinski definition) is 3. The second-order valence-electron chi connectivity index (χ2n) is 4.75. The second kappa shape index (κ2) is 4.60. The molecule has 1 aliphatic heterocycles. The molecule has 1 heterocycles. The summed E-state index contributed by atoms with van der Waals surface area (Å²) >= 11 is 0. The Balaban J connectivity index is 1.83. The maximum absolute atomic E-state index is 9.62. The molecule has 2 fully saturated rings. The van der Waals surface area contributed by atoms with Crippen molar-refractivity contribution in [3.05, 3.63) is 0 Å². The SMILES string of the molecule is CC1CCCCC1NC1COC[C@H]1O. The lowest BCUT2D eigenvalue weighted by Crippen LogP contribution is -2.48. The molecule has 0 aromatic rings. The number of aliphatic hydroxyl groups is 1. The zero-order valence-corrected chi connectivity index (χ0v) is 8.91. The lowest BCUT2D eigenvalue weighted by Gasteiger charge is -2.32. The van der Waals surface area contributed by atoms with Crippen molar-refractivity contribution in [2.75, 3.05) is 13.2 Å². The number of ether oxygens (including phenoxy) is 1. The van der Waals surface area contributed by atoms with Gasteiger partial charge in [0, 0.05) is 6.04 Å².